The van der Waals surface area contributed by atoms with Crippen LogP contribution in [0.25, 0.3) is 11.1 Å². The van der Waals surface area contributed by atoms with Crippen LogP contribution in [0.3, 0.4) is 0 Å². The average molecular weight is 253 g/mol. The molecule has 1 heterocycles. The summed E-state index contributed by atoms with van der Waals surface area (Å²) in [6.45, 7) is 3.72. The fraction of sp³-hybridized carbons (Fsp3) is 0.294. The number of ether oxygens (including phenoxy) is 1. The van der Waals surface area contributed by atoms with E-state index in [-0.39, 0.29) is 0 Å². The summed E-state index contributed by atoms with van der Waals surface area (Å²) in [6, 6.07) is 20.0. The van der Waals surface area contributed by atoms with E-state index in [1.165, 1.54) is 16.7 Å². The van der Waals surface area contributed by atoms with Gasteiger partial charge in [-0.2, -0.15) is 0 Å². The van der Waals surface area contributed by atoms with Gasteiger partial charge in [-0.05, 0) is 23.6 Å². The van der Waals surface area contributed by atoms with E-state index in [9.17, 15) is 0 Å². The van der Waals surface area contributed by atoms with Crippen LogP contribution in [0.15, 0.2) is 54.6 Å². The summed E-state index contributed by atoms with van der Waals surface area (Å²) >= 11 is 0. The molecular formula is C17H19NO. The summed E-state index contributed by atoms with van der Waals surface area (Å²) in [5, 5.41) is 3.57. The Morgan fingerprint density at radius 3 is 2.26 bits per heavy atom. The summed E-state index contributed by atoms with van der Waals surface area (Å²) in [5.74, 6) is 0. The molecule has 0 aromatic heterocycles. The molecule has 2 unspecified atom stereocenters. The van der Waals surface area contributed by atoms with Crippen LogP contribution in [0.4, 0.5) is 0 Å². The summed E-state index contributed by atoms with van der Waals surface area (Å²) in [6.07, 6.45) is 0. The first-order valence-electron chi connectivity index (χ1n) is 6.82. The molecule has 1 saturated heterocycles. The van der Waals surface area contributed by atoms with Gasteiger partial charge in [0, 0.05) is 6.04 Å². The maximum absolute atomic E-state index is 5.60. The van der Waals surface area contributed by atoms with Gasteiger partial charge < -0.3 is 10.1 Å². The maximum Gasteiger partial charge on any atom is 0.0662 e. The standard InChI is InChI=1S/C17H19NO/c1-13-11-19-12-17(18-13)16-9-7-15(8-10-16)14-5-3-2-4-6-14/h2-10,13,17-18H,11-12H2,1H3. The van der Waals surface area contributed by atoms with Crippen molar-refractivity contribution in [2.45, 2.75) is 19.0 Å². The lowest BCUT2D eigenvalue weighted by Gasteiger charge is -2.29. The normalized spacial score (nSPS) is 23.2. The molecule has 2 heteroatoms. The second-order valence-electron chi connectivity index (χ2n) is 5.15. The van der Waals surface area contributed by atoms with Gasteiger partial charge >= 0.3 is 0 Å². The Labute approximate surface area is 114 Å². The molecular weight excluding hydrogens is 234 g/mol. The maximum atomic E-state index is 5.60. The van der Waals surface area contributed by atoms with Crippen molar-refractivity contribution in [3.63, 3.8) is 0 Å². The van der Waals surface area contributed by atoms with E-state index in [1.54, 1.807) is 0 Å². The van der Waals surface area contributed by atoms with E-state index in [0.29, 0.717) is 12.1 Å². The van der Waals surface area contributed by atoms with Crippen molar-refractivity contribution in [2.75, 3.05) is 13.2 Å². The molecule has 0 amide bonds. The molecule has 2 aromatic carbocycles. The van der Waals surface area contributed by atoms with Crippen LogP contribution in [-0.4, -0.2) is 19.3 Å². The second kappa shape index (κ2) is 5.55. The molecule has 2 nitrogen and oxygen atoms in total. The van der Waals surface area contributed by atoms with Crippen molar-refractivity contribution in [3.05, 3.63) is 60.2 Å². The van der Waals surface area contributed by atoms with Crippen LogP contribution >= 0.6 is 0 Å². The number of rotatable bonds is 2. The van der Waals surface area contributed by atoms with E-state index in [0.717, 1.165) is 13.2 Å². The molecule has 3 rings (SSSR count). The zero-order valence-corrected chi connectivity index (χ0v) is 11.2. The summed E-state index contributed by atoms with van der Waals surface area (Å²) < 4.78 is 5.60. The molecule has 0 bridgehead atoms. The first-order chi connectivity index (χ1) is 9.33. The minimum atomic E-state index is 0.313. The molecule has 0 radical (unpaired) electrons. The van der Waals surface area contributed by atoms with Crippen molar-refractivity contribution in [2.24, 2.45) is 0 Å². The van der Waals surface area contributed by atoms with Gasteiger partial charge in [0.05, 0.1) is 19.3 Å². The average Bonchev–Trinajstić information content (AvgIpc) is 2.48. The topological polar surface area (TPSA) is 21.3 Å². The molecule has 0 spiro atoms. The highest BCUT2D eigenvalue weighted by molar-refractivity contribution is 5.63. The number of morpholine rings is 1. The lowest BCUT2D eigenvalue weighted by molar-refractivity contribution is 0.0504. The van der Waals surface area contributed by atoms with Gasteiger partial charge in [-0.25, -0.2) is 0 Å². The van der Waals surface area contributed by atoms with Gasteiger partial charge in [0.1, 0.15) is 0 Å². The van der Waals surface area contributed by atoms with Crippen LogP contribution < -0.4 is 5.32 Å². The quantitative estimate of drug-likeness (QED) is 0.885. The molecule has 2 aromatic rings. The smallest absolute Gasteiger partial charge is 0.0662 e. The lowest BCUT2D eigenvalue weighted by Crippen LogP contribution is -2.41. The zero-order valence-electron chi connectivity index (χ0n) is 11.2. The van der Waals surface area contributed by atoms with E-state index in [2.05, 4.69) is 60.8 Å². The SMILES string of the molecule is CC1COCC(c2ccc(-c3ccccc3)cc2)N1. The van der Waals surface area contributed by atoms with Gasteiger partial charge in [0.2, 0.25) is 0 Å². The fourth-order valence-electron chi connectivity index (χ4n) is 2.53. The van der Waals surface area contributed by atoms with Crippen LogP contribution in [0.5, 0.6) is 0 Å². The Morgan fingerprint density at radius 1 is 0.895 bits per heavy atom. The minimum absolute atomic E-state index is 0.313. The van der Waals surface area contributed by atoms with Crippen molar-refractivity contribution >= 4 is 0 Å². The third kappa shape index (κ3) is 2.86. The molecule has 0 saturated carbocycles. The van der Waals surface area contributed by atoms with Crippen molar-refractivity contribution in [1.82, 2.24) is 5.32 Å². The van der Waals surface area contributed by atoms with Crippen LogP contribution in [-0.2, 0) is 4.74 Å². The zero-order chi connectivity index (χ0) is 13.1. The molecule has 1 aliphatic rings. The number of hydrogen-bond acceptors (Lipinski definition) is 2. The number of benzene rings is 2. The fourth-order valence-corrected chi connectivity index (χ4v) is 2.53. The van der Waals surface area contributed by atoms with Crippen LogP contribution in [0, 0.1) is 0 Å². The predicted molar refractivity (Wildman–Crippen MR) is 78.0 cm³/mol. The number of hydrogen-bond donors (Lipinski definition) is 1. The first kappa shape index (κ1) is 12.4. The monoisotopic (exact) mass is 253 g/mol. The van der Waals surface area contributed by atoms with Gasteiger partial charge in [-0.1, -0.05) is 54.6 Å². The Kier molecular flexibility index (Phi) is 3.62. The Hall–Kier alpha value is -1.64. The molecule has 1 aliphatic heterocycles. The molecule has 98 valence electrons. The van der Waals surface area contributed by atoms with Crippen molar-refractivity contribution in [3.8, 4) is 11.1 Å². The largest absolute Gasteiger partial charge is 0.378 e. The minimum Gasteiger partial charge on any atom is -0.378 e. The van der Waals surface area contributed by atoms with Crippen molar-refractivity contribution in [1.29, 1.82) is 0 Å². The van der Waals surface area contributed by atoms with E-state index < -0.39 is 0 Å². The third-order valence-corrected chi connectivity index (χ3v) is 3.56. The van der Waals surface area contributed by atoms with Crippen LogP contribution in [0.2, 0.25) is 0 Å². The summed E-state index contributed by atoms with van der Waals surface area (Å²) in [7, 11) is 0. The Balaban J connectivity index is 1.79. The summed E-state index contributed by atoms with van der Waals surface area (Å²) in [5.41, 5.74) is 3.82. The van der Waals surface area contributed by atoms with Crippen molar-refractivity contribution < 1.29 is 4.74 Å². The van der Waals surface area contributed by atoms with Gasteiger partial charge in [-0.15, -0.1) is 0 Å². The Bertz CT molecular complexity index is 521. The van der Waals surface area contributed by atoms with E-state index >= 15 is 0 Å². The van der Waals surface area contributed by atoms with Gasteiger partial charge in [-0.3, -0.25) is 0 Å². The third-order valence-electron chi connectivity index (χ3n) is 3.56. The Morgan fingerprint density at radius 2 is 1.58 bits per heavy atom. The molecule has 0 aliphatic carbocycles. The molecule has 1 N–H and O–H groups in total. The number of nitrogens with one attached hydrogen (secondary N) is 1. The van der Waals surface area contributed by atoms with Gasteiger partial charge in [0.15, 0.2) is 0 Å². The first-order valence-corrected chi connectivity index (χ1v) is 6.82. The van der Waals surface area contributed by atoms with E-state index in [4.69, 9.17) is 4.74 Å². The predicted octanol–water partition coefficient (Wildman–Crippen LogP) is 3.40. The second-order valence-corrected chi connectivity index (χ2v) is 5.15. The molecule has 19 heavy (non-hydrogen) atoms. The van der Waals surface area contributed by atoms with E-state index in [1.807, 2.05) is 6.07 Å². The molecule has 1 fully saturated rings. The lowest BCUT2D eigenvalue weighted by atomic mass is 10.00. The highest BCUT2D eigenvalue weighted by Gasteiger charge is 2.19. The van der Waals surface area contributed by atoms with Gasteiger partial charge in [0.25, 0.3) is 0 Å². The van der Waals surface area contributed by atoms with Crippen LogP contribution in [0.1, 0.15) is 18.5 Å². The highest BCUT2D eigenvalue weighted by atomic mass is 16.5. The summed E-state index contributed by atoms with van der Waals surface area (Å²) in [4.78, 5) is 0. The highest BCUT2D eigenvalue weighted by Crippen LogP contribution is 2.23. The molecule has 2 atom stereocenters.